The minimum atomic E-state index is -1.04. The third kappa shape index (κ3) is 18.8. The molecule has 2 N–H and O–H groups in total. The van der Waals surface area contributed by atoms with Crippen LogP contribution >= 0.6 is 0 Å². The van der Waals surface area contributed by atoms with Gasteiger partial charge in [0.15, 0.2) is 0 Å². The molecule has 0 saturated heterocycles. The predicted octanol–water partition coefficient (Wildman–Crippen LogP) is 6.83. The summed E-state index contributed by atoms with van der Waals surface area (Å²) in [5.41, 5.74) is 0.157. The molecule has 5 heteroatoms. The summed E-state index contributed by atoms with van der Waals surface area (Å²) in [6.07, 6.45) is 20.8. The molecule has 180 valence electrons. The summed E-state index contributed by atoms with van der Waals surface area (Å²) in [6, 6.07) is 0. The lowest BCUT2D eigenvalue weighted by molar-refractivity contribution is -0.133. The van der Waals surface area contributed by atoms with E-state index in [1.807, 2.05) is 4.90 Å². The van der Waals surface area contributed by atoms with Gasteiger partial charge in [-0.3, -0.25) is 4.90 Å². The topological polar surface area (TPSA) is 77.8 Å². The molecule has 0 rings (SSSR count). The van der Waals surface area contributed by atoms with Crippen molar-refractivity contribution in [3.8, 4) is 0 Å². The highest BCUT2D eigenvalue weighted by atomic mass is 16.4. The van der Waals surface area contributed by atoms with Gasteiger partial charge in [-0.2, -0.15) is 0 Å². The predicted molar refractivity (Wildman–Crippen MR) is 130 cm³/mol. The van der Waals surface area contributed by atoms with Crippen LogP contribution in [0.25, 0.3) is 0 Å². The average Bonchev–Trinajstić information content (AvgIpc) is 2.72. The fourth-order valence-corrected chi connectivity index (χ4v) is 3.77. The van der Waals surface area contributed by atoms with E-state index in [0.29, 0.717) is 6.54 Å². The fourth-order valence-electron chi connectivity index (χ4n) is 3.77. The van der Waals surface area contributed by atoms with E-state index < -0.39 is 11.9 Å². The normalized spacial score (nSPS) is 11.0. The molecule has 0 atom stereocenters. The Balaban J connectivity index is 3.67. The lowest BCUT2D eigenvalue weighted by atomic mass is 10.0. The molecular formula is C26H47NO4. The number of rotatable bonds is 23. The molecule has 5 nitrogen and oxygen atoms in total. The first kappa shape index (κ1) is 29.4. The molecule has 0 aliphatic carbocycles. The summed E-state index contributed by atoms with van der Waals surface area (Å²) in [7, 11) is 0. The van der Waals surface area contributed by atoms with E-state index in [1.165, 1.54) is 89.9 Å². The number of aliphatic carboxylic acids is 2. The Hall–Kier alpha value is -1.62. The van der Waals surface area contributed by atoms with Crippen LogP contribution in [0.1, 0.15) is 110 Å². The first-order chi connectivity index (χ1) is 14.9. The number of hydrogen-bond acceptors (Lipinski definition) is 3. The molecule has 0 fully saturated rings. The maximum absolute atomic E-state index is 11.0. The molecule has 0 bridgehead atoms. The van der Waals surface area contributed by atoms with Crippen LogP contribution in [-0.2, 0) is 9.59 Å². The van der Waals surface area contributed by atoms with Crippen LogP contribution in [0.5, 0.6) is 0 Å². The third-order valence-corrected chi connectivity index (χ3v) is 5.76. The molecule has 0 amide bonds. The molecule has 0 aliphatic heterocycles. The van der Waals surface area contributed by atoms with Gasteiger partial charge in [-0.25, -0.2) is 9.59 Å². The second-order valence-corrected chi connectivity index (χ2v) is 8.83. The van der Waals surface area contributed by atoms with Crippen LogP contribution in [0.4, 0.5) is 0 Å². The van der Waals surface area contributed by atoms with Crippen molar-refractivity contribution in [2.75, 3.05) is 19.6 Å². The maximum Gasteiger partial charge on any atom is 0.332 e. The molecule has 0 saturated carbocycles. The fraction of sp³-hybridized carbons (Fsp3) is 0.769. The molecule has 0 unspecified atom stereocenters. The van der Waals surface area contributed by atoms with Gasteiger partial charge in [0.2, 0.25) is 0 Å². The first-order valence-corrected chi connectivity index (χ1v) is 12.4. The second-order valence-electron chi connectivity index (χ2n) is 8.83. The lowest BCUT2D eigenvalue weighted by Gasteiger charge is -2.22. The van der Waals surface area contributed by atoms with Gasteiger partial charge in [-0.05, 0) is 13.0 Å². The van der Waals surface area contributed by atoms with Gasteiger partial charge in [-0.15, -0.1) is 0 Å². The van der Waals surface area contributed by atoms with Crippen LogP contribution in [0.2, 0.25) is 0 Å². The molecule has 0 aromatic heterocycles. The van der Waals surface area contributed by atoms with Crippen molar-refractivity contribution in [3.63, 3.8) is 0 Å². The van der Waals surface area contributed by atoms with Crippen molar-refractivity contribution in [1.82, 2.24) is 4.90 Å². The summed E-state index contributed by atoms with van der Waals surface area (Å²) >= 11 is 0. The Labute approximate surface area is 190 Å². The van der Waals surface area contributed by atoms with Crippen molar-refractivity contribution in [3.05, 3.63) is 24.3 Å². The van der Waals surface area contributed by atoms with Crippen LogP contribution in [0.3, 0.4) is 0 Å². The summed E-state index contributed by atoms with van der Waals surface area (Å²) in [5.74, 6) is -2.09. The Kier molecular flexibility index (Phi) is 19.2. The van der Waals surface area contributed by atoms with Gasteiger partial charge in [0.1, 0.15) is 0 Å². The molecule has 0 aromatic carbocycles. The minimum Gasteiger partial charge on any atom is -0.478 e. The third-order valence-electron chi connectivity index (χ3n) is 5.76. The summed E-state index contributed by atoms with van der Waals surface area (Å²) in [5, 5.41) is 18.0. The van der Waals surface area contributed by atoms with E-state index in [0.717, 1.165) is 12.8 Å². The van der Waals surface area contributed by atoms with Gasteiger partial charge in [0, 0.05) is 24.2 Å². The van der Waals surface area contributed by atoms with Gasteiger partial charge in [-0.1, -0.05) is 116 Å². The van der Waals surface area contributed by atoms with Crippen molar-refractivity contribution in [1.29, 1.82) is 0 Å². The lowest BCUT2D eigenvalue weighted by Crippen LogP contribution is -2.32. The quantitative estimate of drug-likeness (QED) is 0.135. The molecule has 31 heavy (non-hydrogen) atoms. The van der Waals surface area contributed by atoms with Gasteiger partial charge in [0.25, 0.3) is 0 Å². The Morgan fingerprint density at radius 1 is 0.581 bits per heavy atom. The molecular weight excluding hydrogens is 390 g/mol. The number of hydrogen-bond donors (Lipinski definition) is 2. The van der Waals surface area contributed by atoms with E-state index in [4.69, 9.17) is 10.2 Å². The highest BCUT2D eigenvalue weighted by molar-refractivity contribution is 5.87. The Morgan fingerprint density at radius 2 is 0.871 bits per heavy atom. The van der Waals surface area contributed by atoms with Crippen LogP contribution < -0.4 is 0 Å². The zero-order valence-electron chi connectivity index (χ0n) is 20.0. The van der Waals surface area contributed by atoms with Crippen LogP contribution in [0, 0.1) is 0 Å². The van der Waals surface area contributed by atoms with Gasteiger partial charge in [0.05, 0.1) is 0 Å². The van der Waals surface area contributed by atoms with E-state index in [-0.39, 0.29) is 24.2 Å². The molecule has 0 heterocycles. The smallest absolute Gasteiger partial charge is 0.332 e. The molecule has 0 radical (unpaired) electrons. The zero-order valence-corrected chi connectivity index (χ0v) is 20.0. The van der Waals surface area contributed by atoms with Crippen LogP contribution in [-0.4, -0.2) is 46.7 Å². The monoisotopic (exact) mass is 437 g/mol. The minimum absolute atomic E-state index is 0.0784. The highest BCUT2D eigenvalue weighted by Gasteiger charge is 2.15. The van der Waals surface area contributed by atoms with Crippen molar-refractivity contribution in [2.45, 2.75) is 110 Å². The Bertz CT molecular complexity index is 488. The standard InChI is InChI=1S/C26H47NO4/c1-4-5-6-7-8-9-10-11-12-13-14-15-16-17-18-19-20-27(21-23(2)25(28)29)22-24(3)26(30)31/h2-22H2,1H3,(H,28,29)(H,30,31). The van der Waals surface area contributed by atoms with Gasteiger partial charge < -0.3 is 10.2 Å². The molecule has 0 spiro atoms. The number of carboxylic acids is 2. The number of nitrogens with zero attached hydrogens (tertiary/aromatic N) is 1. The molecule has 0 aromatic rings. The highest BCUT2D eigenvalue weighted by Crippen LogP contribution is 2.14. The van der Waals surface area contributed by atoms with Crippen molar-refractivity contribution >= 4 is 11.9 Å². The number of carboxylic acid groups (broad SMARTS) is 2. The Morgan fingerprint density at radius 3 is 1.16 bits per heavy atom. The number of carbonyl (C=O) groups is 2. The average molecular weight is 438 g/mol. The largest absolute Gasteiger partial charge is 0.478 e. The molecule has 0 aliphatic rings. The van der Waals surface area contributed by atoms with E-state index >= 15 is 0 Å². The van der Waals surface area contributed by atoms with Crippen molar-refractivity contribution < 1.29 is 19.8 Å². The zero-order chi connectivity index (χ0) is 23.3. The van der Waals surface area contributed by atoms with Crippen LogP contribution in [0.15, 0.2) is 24.3 Å². The van der Waals surface area contributed by atoms with Crippen molar-refractivity contribution in [2.24, 2.45) is 0 Å². The summed E-state index contributed by atoms with van der Waals surface area (Å²) < 4.78 is 0. The van der Waals surface area contributed by atoms with E-state index in [2.05, 4.69) is 20.1 Å². The van der Waals surface area contributed by atoms with E-state index in [9.17, 15) is 9.59 Å². The summed E-state index contributed by atoms with van der Waals surface area (Å²) in [4.78, 5) is 23.8. The number of unbranched alkanes of at least 4 members (excludes halogenated alkanes) is 15. The maximum atomic E-state index is 11.0. The van der Waals surface area contributed by atoms with E-state index in [1.54, 1.807) is 0 Å². The second kappa shape index (κ2) is 20.3. The van der Waals surface area contributed by atoms with Gasteiger partial charge >= 0.3 is 11.9 Å². The SMILES string of the molecule is C=C(CN(CCCCCCCCCCCCCCCCCC)CC(=C)C(=O)O)C(=O)O. The summed E-state index contributed by atoms with van der Waals surface area (Å²) in [6.45, 7) is 10.4. The first-order valence-electron chi connectivity index (χ1n) is 12.4.